The zero-order valence-electron chi connectivity index (χ0n) is 11.4. The van der Waals surface area contributed by atoms with Gasteiger partial charge in [0.05, 0.1) is 16.7 Å². The van der Waals surface area contributed by atoms with E-state index in [1.165, 1.54) is 6.07 Å². The molecule has 0 fully saturated rings. The lowest BCUT2D eigenvalue weighted by atomic mass is 10.0. The minimum absolute atomic E-state index is 0.0154. The Hall–Kier alpha value is -3.15. The molecule has 6 nitrogen and oxygen atoms in total. The molecule has 2 rings (SSSR count). The predicted octanol–water partition coefficient (Wildman–Crippen LogP) is 2.44. The van der Waals surface area contributed by atoms with Crippen molar-refractivity contribution in [2.24, 2.45) is 0 Å². The lowest BCUT2D eigenvalue weighted by molar-refractivity contribution is 0.0471. The van der Waals surface area contributed by atoms with Crippen molar-refractivity contribution in [1.29, 1.82) is 0 Å². The first-order valence-electron chi connectivity index (χ1n) is 6.30. The lowest BCUT2D eigenvalue weighted by Gasteiger charge is -2.07. The van der Waals surface area contributed by atoms with Gasteiger partial charge in [0, 0.05) is 0 Å². The average Bonchev–Trinajstić information content (AvgIpc) is 2.52. The van der Waals surface area contributed by atoms with Crippen molar-refractivity contribution in [2.75, 3.05) is 0 Å². The van der Waals surface area contributed by atoms with E-state index in [1.807, 2.05) is 6.07 Å². The van der Waals surface area contributed by atoms with E-state index in [0.717, 1.165) is 17.7 Å². The Kier molecular flexibility index (Phi) is 4.53. The zero-order chi connectivity index (χ0) is 16.1. The second-order valence-corrected chi connectivity index (χ2v) is 4.43. The summed E-state index contributed by atoms with van der Waals surface area (Å²) in [4.78, 5) is 33.9. The third kappa shape index (κ3) is 3.49. The van der Waals surface area contributed by atoms with Crippen LogP contribution in [0, 0.1) is 0 Å². The lowest BCUT2D eigenvalue weighted by Crippen LogP contribution is -2.12. The summed E-state index contributed by atoms with van der Waals surface area (Å²) in [5.74, 6) is -3.51. The number of carboxylic acid groups (broad SMARTS) is 2. The van der Waals surface area contributed by atoms with Gasteiger partial charge in [-0.15, -0.1) is 0 Å². The van der Waals surface area contributed by atoms with Gasteiger partial charge in [0.15, 0.2) is 0 Å². The van der Waals surface area contributed by atoms with E-state index in [1.54, 1.807) is 24.3 Å². The molecule has 22 heavy (non-hydrogen) atoms. The van der Waals surface area contributed by atoms with Gasteiger partial charge in [-0.25, -0.2) is 14.4 Å². The first-order chi connectivity index (χ1) is 10.5. The molecule has 6 heteroatoms. The Labute approximate surface area is 125 Å². The van der Waals surface area contributed by atoms with Crippen LogP contribution < -0.4 is 0 Å². The van der Waals surface area contributed by atoms with E-state index >= 15 is 0 Å². The maximum atomic E-state index is 11.9. The molecule has 0 bridgehead atoms. The third-order valence-corrected chi connectivity index (χ3v) is 2.93. The van der Waals surface area contributed by atoms with Gasteiger partial charge in [0.25, 0.3) is 0 Å². The molecule has 2 aromatic rings. The number of carboxylic acids is 2. The smallest absolute Gasteiger partial charge is 0.338 e. The topological polar surface area (TPSA) is 101 Å². The first-order valence-corrected chi connectivity index (χ1v) is 6.30. The normalized spacial score (nSPS) is 10.0. The quantitative estimate of drug-likeness (QED) is 0.822. The number of carbonyl (C=O) groups is 3. The number of aromatic carboxylic acids is 2. The second kappa shape index (κ2) is 6.53. The highest BCUT2D eigenvalue weighted by Crippen LogP contribution is 2.14. The van der Waals surface area contributed by atoms with Crippen molar-refractivity contribution in [3.8, 4) is 0 Å². The van der Waals surface area contributed by atoms with Crippen LogP contribution in [0.25, 0.3) is 0 Å². The minimum atomic E-state index is -1.42. The van der Waals surface area contributed by atoms with Crippen LogP contribution in [-0.2, 0) is 11.3 Å². The fourth-order valence-corrected chi connectivity index (χ4v) is 1.84. The Morgan fingerprint density at radius 3 is 2.09 bits per heavy atom. The highest BCUT2D eigenvalue weighted by molar-refractivity contribution is 6.03. The van der Waals surface area contributed by atoms with E-state index in [-0.39, 0.29) is 17.7 Å². The molecular weight excluding hydrogens is 288 g/mol. The molecule has 0 radical (unpaired) electrons. The Balaban J connectivity index is 2.18. The van der Waals surface area contributed by atoms with E-state index in [4.69, 9.17) is 14.9 Å². The van der Waals surface area contributed by atoms with Crippen LogP contribution >= 0.6 is 0 Å². The number of benzene rings is 2. The Morgan fingerprint density at radius 2 is 1.50 bits per heavy atom. The summed E-state index contributed by atoms with van der Waals surface area (Å²) < 4.78 is 5.07. The molecule has 0 aliphatic heterocycles. The maximum absolute atomic E-state index is 11.9. The summed E-state index contributed by atoms with van der Waals surface area (Å²) in [6, 6.07) is 12.3. The van der Waals surface area contributed by atoms with Gasteiger partial charge in [0.1, 0.15) is 6.61 Å². The molecule has 0 heterocycles. The molecule has 0 spiro atoms. The fourth-order valence-electron chi connectivity index (χ4n) is 1.84. The third-order valence-electron chi connectivity index (χ3n) is 2.93. The van der Waals surface area contributed by atoms with Gasteiger partial charge in [-0.1, -0.05) is 30.3 Å². The van der Waals surface area contributed by atoms with Crippen LogP contribution in [0.4, 0.5) is 0 Å². The molecule has 2 N–H and O–H groups in total. The van der Waals surface area contributed by atoms with Crippen molar-refractivity contribution in [3.63, 3.8) is 0 Å². The van der Waals surface area contributed by atoms with E-state index in [2.05, 4.69) is 0 Å². The minimum Gasteiger partial charge on any atom is -0.478 e. The molecule has 0 saturated heterocycles. The fraction of sp³-hybridized carbons (Fsp3) is 0.0625. The molecule has 0 atom stereocenters. The van der Waals surface area contributed by atoms with Gasteiger partial charge < -0.3 is 14.9 Å². The first kappa shape index (κ1) is 15.2. The average molecular weight is 300 g/mol. The number of ether oxygens (including phenoxy) is 1. The molecule has 0 aliphatic rings. The summed E-state index contributed by atoms with van der Waals surface area (Å²) in [7, 11) is 0. The molecule has 2 aromatic carbocycles. The highest BCUT2D eigenvalue weighted by Gasteiger charge is 2.19. The SMILES string of the molecule is O=C(OCc1ccccc1)c1ccc(C(=O)O)c(C(=O)O)c1. The number of rotatable bonds is 5. The Bertz CT molecular complexity index is 721. The second-order valence-electron chi connectivity index (χ2n) is 4.43. The summed E-state index contributed by atoms with van der Waals surface area (Å²) in [6.45, 7) is 0.0444. The molecule has 0 aliphatic carbocycles. The predicted molar refractivity (Wildman–Crippen MR) is 75.9 cm³/mol. The molecule has 0 amide bonds. The maximum Gasteiger partial charge on any atom is 0.338 e. The van der Waals surface area contributed by atoms with Crippen LogP contribution in [0.1, 0.15) is 36.6 Å². The van der Waals surface area contributed by atoms with Crippen LogP contribution in [-0.4, -0.2) is 28.1 Å². The van der Waals surface area contributed by atoms with Gasteiger partial charge >= 0.3 is 17.9 Å². The van der Waals surface area contributed by atoms with Gasteiger partial charge in [0.2, 0.25) is 0 Å². The van der Waals surface area contributed by atoms with Gasteiger partial charge in [-0.05, 0) is 23.8 Å². The van der Waals surface area contributed by atoms with Crippen molar-refractivity contribution < 1.29 is 29.3 Å². The van der Waals surface area contributed by atoms with E-state index in [9.17, 15) is 14.4 Å². The van der Waals surface area contributed by atoms with Crippen molar-refractivity contribution in [1.82, 2.24) is 0 Å². The van der Waals surface area contributed by atoms with Crippen molar-refractivity contribution in [2.45, 2.75) is 6.61 Å². The number of esters is 1. The van der Waals surface area contributed by atoms with Crippen LogP contribution in [0.2, 0.25) is 0 Å². The monoisotopic (exact) mass is 300 g/mol. The molecule has 0 saturated carbocycles. The standard InChI is InChI=1S/C16H12O6/c17-14(18)12-7-6-11(8-13(12)15(19)20)16(21)22-9-10-4-2-1-3-5-10/h1-8H,9H2,(H,17,18)(H,19,20). The Morgan fingerprint density at radius 1 is 0.864 bits per heavy atom. The summed E-state index contributed by atoms with van der Waals surface area (Å²) >= 11 is 0. The largest absolute Gasteiger partial charge is 0.478 e. The van der Waals surface area contributed by atoms with Gasteiger partial charge in [-0.3, -0.25) is 0 Å². The highest BCUT2D eigenvalue weighted by atomic mass is 16.5. The molecular formula is C16H12O6. The molecule has 0 aromatic heterocycles. The van der Waals surface area contributed by atoms with Crippen molar-refractivity contribution in [3.05, 3.63) is 70.8 Å². The van der Waals surface area contributed by atoms with Crippen LogP contribution in [0.5, 0.6) is 0 Å². The van der Waals surface area contributed by atoms with Gasteiger partial charge in [-0.2, -0.15) is 0 Å². The van der Waals surface area contributed by atoms with Crippen molar-refractivity contribution >= 4 is 17.9 Å². The zero-order valence-corrected chi connectivity index (χ0v) is 11.4. The number of hydrogen-bond donors (Lipinski definition) is 2. The molecule has 0 unspecified atom stereocenters. The molecule has 112 valence electrons. The van der Waals surface area contributed by atoms with Crippen LogP contribution in [0.3, 0.4) is 0 Å². The van der Waals surface area contributed by atoms with E-state index in [0.29, 0.717) is 0 Å². The van der Waals surface area contributed by atoms with Crippen LogP contribution in [0.15, 0.2) is 48.5 Å². The summed E-state index contributed by atoms with van der Waals surface area (Å²) in [5, 5.41) is 17.9. The summed E-state index contributed by atoms with van der Waals surface area (Å²) in [6.07, 6.45) is 0. The number of hydrogen-bond acceptors (Lipinski definition) is 4. The van der Waals surface area contributed by atoms with E-state index < -0.39 is 23.5 Å². The summed E-state index contributed by atoms with van der Waals surface area (Å²) in [5.41, 5.74) is -0.0661. The number of carbonyl (C=O) groups excluding carboxylic acids is 1.